The van der Waals surface area contributed by atoms with E-state index >= 15 is 0 Å². The molecule has 2 rings (SSSR count). The predicted molar refractivity (Wildman–Crippen MR) is 75.3 cm³/mol. The molecule has 21 heavy (non-hydrogen) atoms. The number of benzene rings is 1. The van der Waals surface area contributed by atoms with Gasteiger partial charge in [-0.2, -0.15) is 13.2 Å². The van der Waals surface area contributed by atoms with Gasteiger partial charge in [-0.25, -0.2) is 9.98 Å². The fourth-order valence-corrected chi connectivity index (χ4v) is 1.79. The third kappa shape index (κ3) is 3.75. The van der Waals surface area contributed by atoms with E-state index in [-0.39, 0.29) is 17.4 Å². The van der Waals surface area contributed by atoms with Crippen molar-refractivity contribution in [2.45, 2.75) is 13.1 Å². The minimum atomic E-state index is -4.48. The van der Waals surface area contributed by atoms with Crippen molar-refractivity contribution in [1.82, 2.24) is 9.55 Å². The van der Waals surface area contributed by atoms with Crippen molar-refractivity contribution in [1.29, 1.82) is 0 Å². The Morgan fingerprint density at radius 2 is 2.10 bits per heavy atom. The molecule has 0 aliphatic carbocycles. The molecule has 2 N–H and O–H groups in total. The van der Waals surface area contributed by atoms with E-state index in [4.69, 9.17) is 17.3 Å². The van der Waals surface area contributed by atoms with Gasteiger partial charge < -0.3 is 10.3 Å². The van der Waals surface area contributed by atoms with Crippen molar-refractivity contribution in [3.05, 3.63) is 42.0 Å². The molecular weight excluding hydrogens is 305 g/mol. The number of imidazole rings is 1. The zero-order valence-corrected chi connectivity index (χ0v) is 11.8. The Hall–Kier alpha value is -2.02. The van der Waals surface area contributed by atoms with Crippen LogP contribution in [0, 0.1) is 6.92 Å². The molecule has 0 saturated carbocycles. The lowest BCUT2D eigenvalue weighted by atomic mass is 10.1. The Balaban J connectivity index is 2.57. The average Bonchev–Trinajstić information content (AvgIpc) is 2.84. The summed E-state index contributed by atoms with van der Waals surface area (Å²) in [6.45, 7) is 1.74. The molecule has 8 heteroatoms. The molecule has 4 nitrogen and oxygen atoms in total. The van der Waals surface area contributed by atoms with Gasteiger partial charge in [-0.15, -0.1) is 11.6 Å². The SMILES string of the molecule is Cc1cn(-c2cc(N=C(N)CCl)cc(C(F)(F)F)c2)cn1. The maximum atomic E-state index is 13.0. The highest BCUT2D eigenvalue weighted by molar-refractivity contribution is 6.28. The number of hydrogen-bond acceptors (Lipinski definition) is 2. The van der Waals surface area contributed by atoms with Crippen molar-refractivity contribution in [3.8, 4) is 5.69 Å². The third-order valence-electron chi connectivity index (χ3n) is 2.65. The minimum Gasteiger partial charge on any atom is -0.386 e. The smallest absolute Gasteiger partial charge is 0.386 e. The molecule has 0 spiro atoms. The Labute approximate surface area is 124 Å². The maximum Gasteiger partial charge on any atom is 0.416 e. The quantitative estimate of drug-likeness (QED) is 0.536. The standard InChI is InChI=1S/C13H12ClF3N4/c1-8-6-21(7-19-8)11-3-9(13(15,16)17)2-10(4-11)20-12(18)5-14/h2-4,6-7H,5H2,1H3,(H2,18,20). The molecular formula is C13H12ClF3N4. The predicted octanol–water partition coefficient (Wildman–Crippen LogP) is 3.43. The topological polar surface area (TPSA) is 56.2 Å². The van der Waals surface area contributed by atoms with E-state index in [1.54, 1.807) is 13.1 Å². The number of aryl methyl sites for hydroxylation is 1. The largest absolute Gasteiger partial charge is 0.416 e. The summed E-state index contributed by atoms with van der Waals surface area (Å²) in [7, 11) is 0. The van der Waals surface area contributed by atoms with E-state index in [9.17, 15) is 13.2 Å². The van der Waals surface area contributed by atoms with Crippen LogP contribution in [-0.4, -0.2) is 21.3 Å². The molecule has 0 amide bonds. The zero-order valence-electron chi connectivity index (χ0n) is 11.0. The number of hydrogen-bond donors (Lipinski definition) is 1. The molecule has 0 atom stereocenters. The summed E-state index contributed by atoms with van der Waals surface area (Å²) >= 11 is 5.50. The number of aromatic nitrogens is 2. The monoisotopic (exact) mass is 316 g/mol. The van der Waals surface area contributed by atoms with Gasteiger partial charge in [-0.1, -0.05) is 0 Å². The number of aliphatic imine (C=N–C) groups is 1. The van der Waals surface area contributed by atoms with Gasteiger partial charge in [0, 0.05) is 11.9 Å². The second kappa shape index (κ2) is 5.77. The lowest BCUT2D eigenvalue weighted by Crippen LogP contribution is -2.12. The zero-order chi connectivity index (χ0) is 15.6. The molecule has 0 aliphatic heterocycles. The molecule has 0 aliphatic rings. The van der Waals surface area contributed by atoms with Gasteiger partial charge in [0.2, 0.25) is 0 Å². The third-order valence-corrected chi connectivity index (χ3v) is 2.92. The van der Waals surface area contributed by atoms with Crippen LogP contribution in [0.4, 0.5) is 18.9 Å². The van der Waals surface area contributed by atoms with E-state index in [1.807, 2.05) is 0 Å². The lowest BCUT2D eigenvalue weighted by molar-refractivity contribution is -0.137. The first-order valence-corrected chi connectivity index (χ1v) is 6.45. The van der Waals surface area contributed by atoms with Crippen molar-refractivity contribution in [2.24, 2.45) is 10.7 Å². The van der Waals surface area contributed by atoms with E-state index in [0.717, 1.165) is 12.1 Å². The average molecular weight is 317 g/mol. The van der Waals surface area contributed by atoms with Crippen LogP contribution in [0.2, 0.25) is 0 Å². The first-order valence-electron chi connectivity index (χ1n) is 5.92. The number of amidine groups is 1. The van der Waals surface area contributed by atoms with Crippen molar-refractivity contribution in [3.63, 3.8) is 0 Å². The molecule has 1 aromatic carbocycles. The first kappa shape index (κ1) is 15.4. The van der Waals surface area contributed by atoms with E-state index < -0.39 is 11.7 Å². The van der Waals surface area contributed by atoms with E-state index in [1.165, 1.54) is 17.0 Å². The minimum absolute atomic E-state index is 0.0451. The van der Waals surface area contributed by atoms with Crippen molar-refractivity contribution >= 4 is 23.1 Å². The highest BCUT2D eigenvalue weighted by Gasteiger charge is 2.31. The highest BCUT2D eigenvalue weighted by Crippen LogP contribution is 2.33. The van der Waals surface area contributed by atoms with Gasteiger partial charge in [0.25, 0.3) is 0 Å². The van der Waals surface area contributed by atoms with Crippen LogP contribution in [0.25, 0.3) is 5.69 Å². The molecule has 112 valence electrons. The Bertz CT molecular complexity index is 676. The summed E-state index contributed by atoms with van der Waals surface area (Å²) < 4.78 is 40.4. The van der Waals surface area contributed by atoms with Gasteiger partial charge in [0.15, 0.2) is 0 Å². The number of nitrogens with zero attached hydrogens (tertiary/aromatic N) is 3. The second-order valence-electron chi connectivity index (χ2n) is 4.39. The summed E-state index contributed by atoms with van der Waals surface area (Å²) in [5, 5.41) is 0. The van der Waals surface area contributed by atoms with Gasteiger partial charge >= 0.3 is 6.18 Å². The number of alkyl halides is 4. The fourth-order valence-electron chi connectivity index (χ4n) is 1.73. The number of nitrogens with two attached hydrogens (primary N) is 1. The summed E-state index contributed by atoms with van der Waals surface area (Å²) in [4.78, 5) is 7.87. The van der Waals surface area contributed by atoms with Crippen molar-refractivity contribution < 1.29 is 13.2 Å². The summed E-state index contributed by atoms with van der Waals surface area (Å²) in [6.07, 6.45) is -1.43. The Kier molecular flexibility index (Phi) is 4.22. The number of rotatable bonds is 3. The maximum absolute atomic E-state index is 13.0. The summed E-state index contributed by atoms with van der Waals surface area (Å²) in [5.41, 5.74) is 5.74. The Morgan fingerprint density at radius 3 is 2.62 bits per heavy atom. The van der Waals surface area contributed by atoms with Gasteiger partial charge in [-0.05, 0) is 25.1 Å². The van der Waals surface area contributed by atoms with Gasteiger partial charge in [-0.3, -0.25) is 0 Å². The van der Waals surface area contributed by atoms with Gasteiger partial charge in [0.05, 0.1) is 29.2 Å². The van der Waals surface area contributed by atoms with Crippen LogP contribution in [0.3, 0.4) is 0 Å². The first-order chi connectivity index (χ1) is 9.79. The van der Waals surface area contributed by atoms with Crippen LogP contribution in [0.15, 0.2) is 35.7 Å². The molecule has 1 heterocycles. The fraction of sp³-hybridized carbons (Fsp3) is 0.231. The molecule has 0 saturated heterocycles. The molecule has 0 fully saturated rings. The molecule has 2 aromatic rings. The second-order valence-corrected chi connectivity index (χ2v) is 4.66. The molecule has 0 bridgehead atoms. The van der Waals surface area contributed by atoms with Crippen LogP contribution in [-0.2, 0) is 6.18 Å². The van der Waals surface area contributed by atoms with Crippen LogP contribution in [0.1, 0.15) is 11.3 Å². The normalized spacial score (nSPS) is 12.7. The van der Waals surface area contributed by atoms with Crippen LogP contribution in [0.5, 0.6) is 0 Å². The molecule has 0 radical (unpaired) electrons. The van der Waals surface area contributed by atoms with E-state index in [2.05, 4.69) is 9.98 Å². The highest BCUT2D eigenvalue weighted by atomic mass is 35.5. The Morgan fingerprint density at radius 1 is 1.38 bits per heavy atom. The van der Waals surface area contributed by atoms with Crippen LogP contribution >= 0.6 is 11.6 Å². The molecule has 0 unspecified atom stereocenters. The molecule has 1 aromatic heterocycles. The summed E-state index contributed by atoms with van der Waals surface area (Å²) in [5.74, 6) is -0.0146. The number of halogens is 4. The van der Waals surface area contributed by atoms with Crippen LogP contribution < -0.4 is 5.73 Å². The lowest BCUT2D eigenvalue weighted by Gasteiger charge is -2.11. The van der Waals surface area contributed by atoms with Crippen molar-refractivity contribution in [2.75, 3.05) is 5.88 Å². The van der Waals surface area contributed by atoms with Gasteiger partial charge in [0.1, 0.15) is 5.84 Å². The van der Waals surface area contributed by atoms with E-state index in [0.29, 0.717) is 11.4 Å². The summed E-state index contributed by atoms with van der Waals surface area (Å²) in [6, 6.07) is 3.43.